The monoisotopic (exact) mass is 283 g/mol. The van der Waals surface area contributed by atoms with Gasteiger partial charge in [0.05, 0.1) is 7.11 Å². The van der Waals surface area contributed by atoms with Crippen LogP contribution in [0.2, 0.25) is 0 Å². The first-order chi connectivity index (χ1) is 10.2. The maximum Gasteiger partial charge on any atom is 0.323 e. The molecule has 108 valence electrons. The molecule has 0 spiro atoms. The number of hydrogen-bond acceptors (Lipinski definition) is 3. The van der Waals surface area contributed by atoms with Gasteiger partial charge >= 0.3 is 6.03 Å². The van der Waals surface area contributed by atoms with Crippen molar-refractivity contribution in [2.45, 2.75) is 6.42 Å². The molecule has 0 fully saturated rings. The Morgan fingerprint density at radius 2 is 1.95 bits per heavy atom. The van der Waals surface area contributed by atoms with Crippen molar-refractivity contribution in [3.8, 4) is 5.75 Å². The van der Waals surface area contributed by atoms with Crippen LogP contribution in [0.25, 0.3) is 0 Å². The second-order valence-electron chi connectivity index (χ2n) is 4.86. The third-order valence-electron chi connectivity index (χ3n) is 3.41. The largest absolute Gasteiger partial charge is 0.497 e. The number of nitrogens with one attached hydrogen (secondary N) is 3. The number of rotatable bonds is 3. The fraction of sp³-hybridized carbons (Fsp3) is 0.188. The molecule has 0 saturated carbocycles. The number of methoxy groups -OCH3 is 1. The van der Waals surface area contributed by atoms with Crippen molar-refractivity contribution >= 4 is 23.1 Å². The van der Waals surface area contributed by atoms with E-state index in [1.54, 1.807) is 13.2 Å². The smallest absolute Gasteiger partial charge is 0.323 e. The molecule has 0 radical (unpaired) electrons. The highest BCUT2D eigenvalue weighted by molar-refractivity contribution is 6.00. The van der Waals surface area contributed by atoms with Crippen LogP contribution < -0.4 is 20.7 Å². The van der Waals surface area contributed by atoms with Gasteiger partial charge in [0.25, 0.3) is 0 Å². The summed E-state index contributed by atoms with van der Waals surface area (Å²) in [6, 6.07) is 12.9. The van der Waals surface area contributed by atoms with Gasteiger partial charge in [0.2, 0.25) is 0 Å². The molecule has 5 nitrogen and oxygen atoms in total. The Hall–Kier alpha value is -2.69. The number of amides is 2. The summed E-state index contributed by atoms with van der Waals surface area (Å²) in [6.07, 6.45) is 1.03. The number of fused-ring (bicyclic) bond motifs is 1. The average Bonchev–Trinajstić information content (AvgIpc) is 2.95. The Bertz CT molecular complexity index is 670. The highest BCUT2D eigenvalue weighted by Crippen LogP contribution is 2.25. The molecule has 5 heteroatoms. The number of carbonyl (C=O) groups is 1. The molecule has 1 aliphatic rings. The molecular weight excluding hydrogens is 266 g/mol. The molecule has 1 heterocycles. The topological polar surface area (TPSA) is 62.4 Å². The van der Waals surface area contributed by atoms with Gasteiger partial charge in [0.15, 0.2) is 0 Å². The van der Waals surface area contributed by atoms with Gasteiger partial charge in [-0.15, -0.1) is 0 Å². The predicted octanol–water partition coefficient (Wildman–Crippen LogP) is 3.31. The Morgan fingerprint density at radius 3 is 2.76 bits per heavy atom. The molecule has 2 amide bonds. The third kappa shape index (κ3) is 3.08. The molecule has 0 unspecified atom stereocenters. The number of benzene rings is 2. The summed E-state index contributed by atoms with van der Waals surface area (Å²) in [5.41, 5.74) is 3.83. The molecule has 0 atom stereocenters. The molecule has 3 rings (SSSR count). The van der Waals surface area contributed by atoms with Crippen LogP contribution in [0.15, 0.2) is 42.5 Å². The zero-order valence-electron chi connectivity index (χ0n) is 11.8. The van der Waals surface area contributed by atoms with Gasteiger partial charge in [-0.05, 0) is 36.2 Å². The van der Waals surface area contributed by atoms with Gasteiger partial charge in [0.1, 0.15) is 5.75 Å². The fourth-order valence-corrected chi connectivity index (χ4v) is 2.36. The van der Waals surface area contributed by atoms with Crippen molar-refractivity contribution in [1.82, 2.24) is 0 Å². The molecule has 0 aromatic heterocycles. The van der Waals surface area contributed by atoms with Crippen molar-refractivity contribution in [3.05, 3.63) is 48.0 Å². The van der Waals surface area contributed by atoms with Crippen molar-refractivity contribution in [3.63, 3.8) is 0 Å². The van der Waals surface area contributed by atoms with Crippen molar-refractivity contribution in [2.75, 3.05) is 29.6 Å². The molecule has 1 aliphatic heterocycles. The fourth-order valence-electron chi connectivity index (χ4n) is 2.36. The summed E-state index contributed by atoms with van der Waals surface area (Å²) in [5, 5.41) is 8.90. The van der Waals surface area contributed by atoms with Gasteiger partial charge < -0.3 is 20.7 Å². The lowest BCUT2D eigenvalue weighted by Gasteiger charge is -2.10. The maximum absolute atomic E-state index is 12.0. The Labute approximate surface area is 123 Å². The van der Waals surface area contributed by atoms with Gasteiger partial charge in [-0.1, -0.05) is 12.1 Å². The zero-order valence-corrected chi connectivity index (χ0v) is 11.8. The summed E-state index contributed by atoms with van der Waals surface area (Å²) in [7, 11) is 1.59. The molecule has 0 bridgehead atoms. The lowest BCUT2D eigenvalue weighted by Crippen LogP contribution is -2.19. The van der Waals surface area contributed by atoms with Crippen LogP contribution in [0, 0.1) is 0 Å². The summed E-state index contributed by atoms with van der Waals surface area (Å²) >= 11 is 0. The summed E-state index contributed by atoms with van der Waals surface area (Å²) in [4.78, 5) is 12.0. The van der Waals surface area contributed by atoms with E-state index in [2.05, 4.69) is 16.0 Å². The molecular formula is C16H17N3O2. The second-order valence-corrected chi connectivity index (χ2v) is 4.86. The molecule has 21 heavy (non-hydrogen) atoms. The summed E-state index contributed by atoms with van der Waals surface area (Å²) in [5.74, 6) is 0.703. The van der Waals surface area contributed by atoms with Crippen LogP contribution in [-0.2, 0) is 6.42 Å². The molecule has 2 aromatic rings. The summed E-state index contributed by atoms with van der Waals surface area (Å²) in [6.45, 7) is 0.953. The first-order valence-electron chi connectivity index (χ1n) is 6.83. The van der Waals surface area contributed by atoms with Gasteiger partial charge in [-0.25, -0.2) is 4.79 Å². The van der Waals surface area contributed by atoms with E-state index in [4.69, 9.17) is 4.74 Å². The standard InChI is InChI=1S/C16H17N3O2/c1-21-14-4-2-3-12(9-14)18-16(20)19-13-6-5-11-7-8-17-15(11)10-13/h2-6,9-10,17H,7-8H2,1H3,(H2,18,19,20). The van der Waals surface area contributed by atoms with E-state index >= 15 is 0 Å². The minimum atomic E-state index is -0.277. The molecule has 0 aliphatic carbocycles. The number of urea groups is 1. The lowest BCUT2D eigenvalue weighted by molar-refractivity contribution is 0.262. The quantitative estimate of drug-likeness (QED) is 0.810. The van der Waals surface area contributed by atoms with Crippen LogP contribution in [0.4, 0.5) is 21.9 Å². The van der Waals surface area contributed by atoms with Crippen LogP contribution >= 0.6 is 0 Å². The van der Waals surface area contributed by atoms with Crippen LogP contribution in [-0.4, -0.2) is 19.7 Å². The van der Waals surface area contributed by atoms with Crippen LogP contribution in [0.3, 0.4) is 0 Å². The normalized spacial score (nSPS) is 12.2. The first-order valence-corrected chi connectivity index (χ1v) is 6.83. The zero-order chi connectivity index (χ0) is 14.7. The van der Waals surface area contributed by atoms with Crippen LogP contribution in [0.5, 0.6) is 5.75 Å². The Morgan fingerprint density at radius 1 is 1.14 bits per heavy atom. The minimum Gasteiger partial charge on any atom is -0.497 e. The van der Waals surface area contributed by atoms with Crippen LogP contribution in [0.1, 0.15) is 5.56 Å². The predicted molar refractivity (Wildman–Crippen MR) is 84.3 cm³/mol. The van der Waals surface area contributed by atoms with Gasteiger partial charge in [-0.2, -0.15) is 0 Å². The third-order valence-corrected chi connectivity index (χ3v) is 3.41. The van der Waals surface area contributed by atoms with E-state index < -0.39 is 0 Å². The van der Waals surface area contributed by atoms with E-state index in [-0.39, 0.29) is 6.03 Å². The van der Waals surface area contributed by atoms with Crippen molar-refractivity contribution in [2.24, 2.45) is 0 Å². The summed E-state index contributed by atoms with van der Waals surface area (Å²) < 4.78 is 5.13. The van der Waals surface area contributed by atoms with Gasteiger partial charge in [0, 0.05) is 29.7 Å². The van der Waals surface area contributed by atoms with Gasteiger partial charge in [-0.3, -0.25) is 0 Å². The molecule has 2 aromatic carbocycles. The van der Waals surface area contributed by atoms with Crippen molar-refractivity contribution in [1.29, 1.82) is 0 Å². The lowest BCUT2D eigenvalue weighted by atomic mass is 10.1. The van der Waals surface area contributed by atoms with E-state index in [1.807, 2.05) is 36.4 Å². The highest BCUT2D eigenvalue weighted by Gasteiger charge is 2.11. The number of ether oxygens (including phenoxy) is 1. The average molecular weight is 283 g/mol. The van der Waals surface area contributed by atoms with E-state index in [0.717, 1.165) is 24.3 Å². The number of hydrogen-bond donors (Lipinski definition) is 3. The van der Waals surface area contributed by atoms with Crippen molar-refractivity contribution < 1.29 is 9.53 Å². The highest BCUT2D eigenvalue weighted by atomic mass is 16.5. The number of carbonyl (C=O) groups excluding carboxylic acids is 1. The Balaban J connectivity index is 1.66. The molecule has 3 N–H and O–H groups in total. The van der Waals surface area contributed by atoms with E-state index in [0.29, 0.717) is 11.4 Å². The number of anilines is 3. The Kier molecular flexibility index (Phi) is 3.64. The SMILES string of the molecule is COc1cccc(NC(=O)Nc2ccc3c(c2)NCC3)c1. The maximum atomic E-state index is 12.0. The van der Waals surface area contributed by atoms with E-state index in [1.165, 1.54) is 5.56 Å². The molecule has 0 saturated heterocycles. The minimum absolute atomic E-state index is 0.277. The first kappa shape index (κ1) is 13.3. The second kappa shape index (κ2) is 5.75. The van der Waals surface area contributed by atoms with E-state index in [9.17, 15) is 4.79 Å².